The number of benzene rings is 2. The fourth-order valence-electron chi connectivity index (χ4n) is 2.66. The fraction of sp³-hybridized carbons (Fsp3) is 0.478. The van der Waals surface area contributed by atoms with E-state index in [9.17, 15) is 0 Å². The van der Waals surface area contributed by atoms with E-state index in [1.165, 1.54) is 24.8 Å². The second-order valence-corrected chi connectivity index (χ2v) is 6.64. The van der Waals surface area contributed by atoms with E-state index in [0.29, 0.717) is 0 Å². The number of nitrogens with one attached hydrogen (secondary N) is 1. The Morgan fingerprint density at radius 3 is 2.23 bits per heavy atom. The SMILES string of the molecule is CCCCCCOc1ccc(CNc2cccc(OCCCC)c2)cc1. The van der Waals surface area contributed by atoms with Crippen molar-refractivity contribution in [2.75, 3.05) is 18.5 Å². The average Bonchev–Trinajstić information content (AvgIpc) is 2.68. The fourth-order valence-corrected chi connectivity index (χ4v) is 2.66. The minimum absolute atomic E-state index is 0.778. The van der Waals surface area contributed by atoms with E-state index in [0.717, 1.165) is 56.2 Å². The highest BCUT2D eigenvalue weighted by Gasteiger charge is 1.99. The molecule has 0 saturated heterocycles. The number of anilines is 1. The standard InChI is InChI=1S/C23H33NO2/c1-3-5-7-8-17-25-22-14-12-20(13-15-22)19-24-21-10-9-11-23(18-21)26-16-6-4-2/h9-15,18,24H,3-8,16-17,19H2,1-2H3. The lowest BCUT2D eigenvalue weighted by atomic mass is 10.2. The average molecular weight is 356 g/mol. The Hall–Kier alpha value is -2.16. The molecule has 0 atom stereocenters. The van der Waals surface area contributed by atoms with E-state index in [4.69, 9.17) is 9.47 Å². The molecule has 0 aromatic heterocycles. The zero-order valence-electron chi connectivity index (χ0n) is 16.3. The summed E-state index contributed by atoms with van der Waals surface area (Å²) >= 11 is 0. The maximum atomic E-state index is 5.80. The molecule has 0 radical (unpaired) electrons. The monoisotopic (exact) mass is 355 g/mol. The molecule has 3 nitrogen and oxygen atoms in total. The zero-order valence-corrected chi connectivity index (χ0v) is 16.3. The van der Waals surface area contributed by atoms with Crippen LogP contribution in [0.5, 0.6) is 11.5 Å². The van der Waals surface area contributed by atoms with Gasteiger partial charge in [-0.2, -0.15) is 0 Å². The molecule has 0 aliphatic rings. The van der Waals surface area contributed by atoms with Crippen molar-refractivity contribution in [3.8, 4) is 11.5 Å². The van der Waals surface area contributed by atoms with Gasteiger partial charge in [-0.25, -0.2) is 0 Å². The van der Waals surface area contributed by atoms with Gasteiger partial charge in [-0.15, -0.1) is 0 Å². The second-order valence-electron chi connectivity index (χ2n) is 6.64. The van der Waals surface area contributed by atoms with Crippen molar-refractivity contribution in [3.05, 3.63) is 54.1 Å². The summed E-state index contributed by atoms with van der Waals surface area (Å²) in [7, 11) is 0. The lowest BCUT2D eigenvalue weighted by Gasteiger charge is -2.11. The first-order valence-corrected chi connectivity index (χ1v) is 10.00. The Balaban J connectivity index is 1.74. The molecule has 0 heterocycles. The summed E-state index contributed by atoms with van der Waals surface area (Å²) in [4.78, 5) is 0. The van der Waals surface area contributed by atoms with E-state index < -0.39 is 0 Å². The molecule has 0 bridgehead atoms. The zero-order chi connectivity index (χ0) is 18.5. The van der Waals surface area contributed by atoms with Crippen LogP contribution in [0.1, 0.15) is 57.9 Å². The highest BCUT2D eigenvalue weighted by Crippen LogP contribution is 2.19. The molecule has 142 valence electrons. The third-order valence-electron chi connectivity index (χ3n) is 4.29. The molecule has 2 aromatic carbocycles. The lowest BCUT2D eigenvalue weighted by molar-refractivity contribution is 0.305. The molecular weight excluding hydrogens is 322 g/mol. The van der Waals surface area contributed by atoms with Gasteiger partial charge in [-0.1, -0.05) is 57.7 Å². The van der Waals surface area contributed by atoms with Gasteiger partial charge in [0.15, 0.2) is 0 Å². The van der Waals surface area contributed by atoms with Gasteiger partial charge in [0, 0.05) is 18.3 Å². The lowest BCUT2D eigenvalue weighted by Crippen LogP contribution is -2.01. The van der Waals surface area contributed by atoms with E-state index in [-0.39, 0.29) is 0 Å². The Kier molecular flexibility index (Phi) is 9.48. The molecule has 0 saturated carbocycles. The summed E-state index contributed by atoms with van der Waals surface area (Å²) < 4.78 is 11.6. The predicted molar refractivity (Wildman–Crippen MR) is 110 cm³/mol. The molecule has 0 amide bonds. The number of rotatable bonds is 13. The van der Waals surface area contributed by atoms with Crippen molar-refractivity contribution in [2.45, 2.75) is 58.9 Å². The van der Waals surface area contributed by atoms with Crippen molar-refractivity contribution in [1.82, 2.24) is 0 Å². The van der Waals surface area contributed by atoms with Gasteiger partial charge in [0.1, 0.15) is 11.5 Å². The van der Waals surface area contributed by atoms with Crippen molar-refractivity contribution >= 4 is 5.69 Å². The van der Waals surface area contributed by atoms with Gasteiger partial charge in [-0.05, 0) is 42.7 Å². The Bertz CT molecular complexity index is 610. The Labute approximate surface area is 158 Å². The quantitative estimate of drug-likeness (QED) is 0.420. The number of hydrogen-bond acceptors (Lipinski definition) is 3. The normalized spacial score (nSPS) is 10.5. The second kappa shape index (κ2) is 12.2. The summed E-state index contributed by atoms with van der Waals surface area (Å²) in [6.45, 7) is 6.77. The molecule has 0 aliphatic heterocycles. The molecule has 1 N–H and O–H groups in total. The Morgan fingerprint density at radius 2 is 1.46 bits per heavy atom. The van der Waals surface area contributed by atoms with Crippen LogP contribution in [-0.2, 0) is 6.54 Å². The summed E-state index contributed by atoms with van der Waals surface area (Å²) in [6.07, 6.45) is 7.17. The minimum Gasteiger partial charge on any atom is -0.494 e. The number of hydrogen-bond donors (Lipinski definition) is 1. The molecule has 0 spiro atoms. The van der Waals surface area contributed by atoms with Crippen LogP contribution in [0.3, 0.4) is 0 Å². The first kappa shape index (κ1) is 20.2. The van der Waals surface area contributed by atoms with Gasteiger partial charge in [-0.3, -0.25) is 0 Å². The molecular formula is C23H33NO2. The molecule has 0 aliphatic carbocycles. The first-order chi connectivity index (χ1) is 12.8. The molecule has 26 heavy (non-hydrogen) atoms. The molecule has 2 rings (SSSR count). The predicted octanol–water partition coefficient (Wildman–Crippen LogP) is 6.44. The maximum absolute atomic E-state index is 5.80. The molecule has 2 aromatic rings. The summed E-state index contributed by atoms with van der Waals surface area (Å²) in [6, 6.07) is 16.5. The first-order valence-electron chi connectivity index (χ1n) is 10.00. The summed E-state index contributed by atoms with van der Waals surface area (Å²) in [5.41, 5.74) is 2.32. The van der Waals surface area contributed by atoms with Crippen LogP contribution < -0.4 is 14.8 Å². The van der Waals surface area contributed by atoms with Gasteiger partial charge in [0.2, 0.25) is 0 Å². The van der Waals surface area contributed by atoms with Crippen molar-refractivity contribution < 1.29 is 9.47 Å². The van der Waals surface area contributed by atoms with Crippen LogP contribution in [0.25, 0.3) is 0 Å². The van der Waals surface area contributed by atoms with E-state index >= 15 is 0 Å². The maximum Gasteiger partial charge on any atom is 0.121 e. The van der Waals surface area contributed by atoms with E-state index in [2.05, 4.69) is 55.6 Å². The van der Waals surface area contributed by atoms with Crippen molar-refractivity contribution in [2.24, 2.45) is 0 Å². The third-order valence-corrected chi connectivity index (χ3v) is 4.29. The third kappa shape index (κ3) is 7.81. The van der Waals surface area contributed by atoms with Gasteiger partial charge in [0.05, 0.1) is 13.2 Å². The van der Waals surface area contributed by atoms with Gasteiger partial charge < -0.3 is 14.8 Å². The van der Waals surface area contributed by atoms with Gasteiger partial charge in [0.25, 0.3) is 0 Å². The summed E-state index contributed by atoms with van der Waals surface area (Å²) in [5, 5.41) is 3.46. The molecule has 3 heteroatoms. The van der Waals surface area contributed by atoms with Gasteiger partial charge >= 0.3 is 0 Å². The smallest absolute Gasteiger partial charge is 0.121 e. The molecule has 0 unspecified atom stereocenters. The van der Waals surface area contributed by atoms with Crippen LogP contribution in [0, 0.1) is 0 Å². The van der Waals surface area contributed by atoms with Crippen LogP contribution in [-0.4, -0.2) is 13.2 Å². The topological polar surface area (TPSA) is 30.5 Å². The van der Waals surface area contributed by atoms with Crippen LogP contribution >= 0.6 is 0 Å². The van der Waals surface area contributed by atoms with E-state index in [1.54, 1.807) is 0 Å². The van der Waals surface area contributed by atoms with Crippen LogP contribution in [0.15, 0.2) is 48.5 Å². The Morgan fingerprint density at radius 1 is 0.731 bits per heavy atom. The van der Waals surface area contributed by atoms with Crippen molar-refractivity contribution in [1.29, 1.82) is 0 Å². The highest BCUT2D eigenvalue weighted by atomic mass is 16.5. The van der Waals surface area contributed by atoms with Crippen LogP contribution in [0.4, 0.5) is 5.69 Å². The van der Waals surface area contributed by atoms with E-state index in [1.807, 2.05) is 12.1 Å². The highest BCUT2D eigenvalue weighted by molar-refractivity contribution is 5.48. The number of ether oxygens (including phenoxy) is 2. The summed E-state index contributed by atoms with van der Waals surface area (Å²) in [5.74, 6) is 1.88. The minimum atomic E-state index is 0.778. The van der Waals surface area contributed by atoms with Crippen LogP contribution in [0.2, 0.25) is 0 Å². The van der Waals surface area contributed by atoms with Crippen molar-refractivity contribution in [3.63, 3.8) is 0 Å². The molecule has 0 fully saturated rings. The number of unbranched alkanes of at least 4 members (excludes halogenated alkanes) is 4. The largest absolute Gasteiger partial charge is 0.494 e.